The Balaban J connectivity index is 4.24. The lowest BCUT2D eigenvalue weighted by atomic mass is 10.0. The average molecular weight is 912 g/mol. The van der Waals surface area contributed by atoms with Gasteiger partial charge in [-0.25, -0.2) is 0 Å². The average Bonchev–Trinajstić information content (AvgIpc) is 3.24. The first-order valence-corrected chi connectivity index (χ1v) is 28.0. The summed E-state index contributed by atoms with van der Waals surface area (Å²) in [5, 5.41) is 0. The van der Waals surface area contributed by atoms with E-state index in [1.807, 2.05) is 21.1 Å². The molecule has 0 aromatic heterocycles. The minimum Gasteiger partial charge on any atom is -0.756 e. The Kier molecular flexibility index (Phi) is 44.5. The van der Waals surface area contributed by atoms with Crippen molar-refractivity contribution in [3.05, 3.63) is 24.3 Å². The van der Waals surface area contributed by atoms with Crippen molar-refractivity contribution < 1.29 is 42.1 Å². The van der Waals surface area contributed by atoms with Gasteiger partial charge in [0.15, 0.2) is 6.10 Å². The summed E-state index contributed by atoms with van der Waals surface area (Å²) < 4.78 is 34.0. The Labute approximate surface area is 389 Å². The number of unbranched alkanes of at least 4 members (excludes halogenated alkanes) is 31. The molecule has 0 saturated carbocycles. The third-order valence-corrected chi connectivity index (χ3v) is 12.7. The van der Waals surface area contributed by atoms with Gasteiger partial charge in [0.25, 0.3) is 7.82 Å². The molecule has 372 valence electrons. The van der Waals surface area contributed by atoms with Gasteiger partial charge in [-0.2, -0.15) is 0 Å². The smallest absolute Gasteiger partial charge is 0.306 e. The third kappa shape index (κ3) is 49.8. The molecule has 0 N–H and O–H groups in total. The van der Waals surface area contributed by atoms with Crippen LogP contribution in [0.15, 0.2) is 24.3 Å². The molecule has 0 fully saturated rings. The number of carbonyl (C=O) groups excluding carboxylic acids is 2. The summed E-state index contributed by atoms with van der Waals surface area (Å²) in [7, 11) is 1.16. The van der Waals surface area contributed by atoms with Crippen LogP contribution in [0, 0.1) is 0 Å². The van der Waals surface area contributed by atoms with E-state index in [1.165, 1.54) is 173 Å². The minimum absolute atomic E-state index is 0.0340. The first-order valence-electron chi connectivity index (χ1n) is 26.5. The standard InChI is InChI=1S/C53H102NO8P/c1-6-8-10-12-14-16-18-20-22-24-25-26-27-28-29-30-32-33-35-37-39-41-43-45-52(55)59-49-51(50-61-63(57,58)60-48-47-54(3,4)5)62-53(56)46-44-42-40-38-36-34-31-23-21-19-17-15-13-11-9-7-2/h30,32,37,39,51H,6-29,31,33-36,38,40-50H2,1-5H3/b32-30+,39-37+/t51-/m0/s1. The first-order chi connectivity index (χ1) is 30.5. The molecule has 0 saturated heterocycles. The molecule has 0 rings (SSSR count). The topological polar surface area (TPSA) is 111 Å². The first kappa shape index (κ1) is 61.5. The largest absolute Gasteiger partial charge is 0.756 e. The summed E-state index contributed by atoms with van der Waals surface area (Å²) in [6, 6.07) is 0. The molecule has 0 aliphatic heterocycles. The molecule has 9 nitrogen and oxygen atoms in total. The van der Waals surface area contributed by atoms with Crippen molar-refractivity contribution >= 4 is 19.8 Å². The molecule has 0 aromatic rings. The molecule has 0 amide bonds. The zero-order chi connectivity index (χ0) is 46.4. The number of carbonyl (C=O) groups is 2. The van der Waals surface area contributed by atoms with Gasteiger partial charge < -0.3 is 27.9 Å². The lowest BCUT2D eigenvalue weighted by molar-refractivity contribution is -0.870. The Morgan fingerprint density at radius 3 is 1.27 bits per heavy atom. The fraction of sp³-hybridized carbons (Fsp3) is 0.887. The Bertz CT molecular complexity index is 1120. The molecule has 0 aliphatic rings. The second-order valence-electron chi connectivity index (χ2n) is 19.2. The maximum absolute atomic E-state index is 12.7. The summed E-state index contributed by atoms with van der Waals surface area (Å²) in [4.78, 5) is 37.7. The van der Waals surface area contributed by atoms with Crippen LogP contribution in [0.4, 0.5) is 0 Å². The molecule has 2 atom stereocenters. The molecule has 1 unspecified atom stereocenters. The van der Waals surface area contributed by atoms with Crippen LogP contribution in [0.3, 0.4) is 0 Å². The van der Waals surface area contributed by atoms with Crippen molar-refractivity contribution in [1.82, 2.24) is 0 Å². The van der Waals surface area contributed by atoms with Crippen molar-refractivity contribution in [2.75, 3.05) is 47.5 Å². The highest BCUT2D eigenvalue weighted by Gasteiger charge is 2.21. The number of ether oxygens (including phenoxy) is 2. The SMILES string of the molecule is CCCCCCCCCCCCCCCC/C=C/CC/C=C/CCCC(=O)OC[C@@H](COP(=O)([O-])OCC[N+](C)(C)C)OC(=O)CCCCCCCCCCCCCCCCCC. The van der Waals surface area contributed by atoms with Gasteiger partial charge in [-0.3, -0.25) is 14.2 Å². The monoisotopic (exact) mass is 912 g/mol. The van der Waals surface area contributed by atoms with E-state index < -0.39 is 32.5 Å². The molecule has 63 heavy (non-hydrogen) atoms. The quantitative estimate of drug-likeness (QED) is 0.0195. The van der Waals surface area contributed by atoms with Gasteiger partial charge in [0.2, 0.25) is 0 Å². The van der Waals surface area contributed by atoms with Gasteiger partial charge in [0.05, 0.1) is 27.7 Å². The van der Waals surface area contributed by atoms with Crippen LogP contribution in [0.5, 0.6) is 0 Å². The molecule has 0 aliphatic carbocycles. The number of nitrogens with zero attached hydrogens (tertiary/aromatic N) is 1. The van der Waals surface area contributed by atoms with E-state index in [-0.39, 0.29) is 26.1 Å². The van der Waals surface area contributed by atoms with Gasteiger partial charge >= 0.3 is 11.9 Å². The lowest BCUT2D eigenvalue weighted by Crippen LogP contribution is -2.37. The van der Waals surface area contributed by atoms with E-state index in [2.05, 4.69) is 38.2 Å². The number of likely N-dealkylation sites (N-methyl/N-ethyl adjacent to an activating group) is 1. The predicted octanol–water partition coefficient (Wildman–Crippen LogP) is 15.2. The van der Waals surface area contributed by atoms with Gasteiger partial charge in [-0.05, 0) is 44.9 Å². The highest BCUT2D eigenvalue weighted by Crippen LogP contribution is 2.38. The molecular weight excluding hydrogens is 810 g/mol. The minimum atomic E-state index is -4.63. The zero-order valence-corrected chi connectivity index (χ0v) is 42.9. The number of quaternary nitrogens is 1. The van der Waals surface area contributed by atoms with Crippen LogP contribution < -0.4 is 4.89 Å². The Morgan fingerprint density at radius 2 is 0.841 bits per heavy atom. The molecule has 0 bridgehead atoms. The highest BCUT2D eigenvalue weighted by molar-refractivity contribution is 7.45. The molecule has 0 aromatic carbocycles. The Morgan fingerprint density at radius 1 is 0.476 bits per heavy atom. The molecule has 0 spiro atoms. The van der Waals surface area contributed by atoms with E-state index in [9.17, 15) is 19.0 Å². The van der Waals surface area contributed by atoms with Gasteiger partial charge in [-0.1, -0.05) is 218 Å². The van der Waals surface area contributed by atoms with Crippen LogP contribution >= 0.6 is 7.82 Å². The molecule has 10 heteroatoms. The number of allylic oxidation sites excluding steroid dienone is 4. The van der Waals surface area contributed by atoms with Crippen LogP contribution in [0.25, 0.3) is 0 Å². The zero-order valence-electron chi connectivity index (χ0n) is 42.0. The van der Waals surface area contributed by atoms with Crippen molar-refractivity contribution in [3.8, 4) is 0 Å². The lowest BCUT2D eigenvalue weighted by Gasteiger charge is -2.28. The molecule has 0 radical (unpaired) electrons. The number of phosphoric ester groups is 1. The van der Waals surface area contributed by atoms with Crippen LogP contribution in [-0.2, 0) is 32.7 Å². The van der Waals surface area contributed by atoms with Crippen molar-refractivity contribution in [3.63, 3.8) is 0 Å². The van der Waals surface area contributed by atoms with E-state index >= 15 is 0 Å². The predicted molar refractivity (Wildman–Crippen MR) is 264 cm³/mol. The normalized spacial score (nSPS) is 13.6. The number of hydrogen-bond acceptors (Lipinski definition) is 8. The molecular formula is C53H102NO8P. The van der Waals surface area contributed by atoms with Crippen LogP contribution in [0.1, 0.15) is 251 Å². The number of hydrogen-bond donors (Lipinski definition) is 0. The summed E-state index contributed by atoms with van der Waals surface area (Å²) in [5.41, 5.74) is 0. The van der Waals surface area contributed by atoms with Crippen molar-refractivity contribution in [2.24, 2.45) is 0 Å². The van der Waals surface area contributed by atoms with Crippen LogP contribution in [-0.4, -0.2) is 70.0 Å². The van der Waals surface area contributed by atoms with E-state index in [0.29, 0.717) is 23.9 Å². The van der Waals surface area contributed by atoms with Crippen molar-refractivity contribution in [1.29, 1.82) is 0 Å². The second-order valence-corrected chi connectivity index (χ2v) is 20.6. The summed E-state index contributed by atoms with van der Waals surface area (Å²) in [6.45, 7) is 4.23. The maximum Gasteiger partial charge on any atom is 0.306 e. The van der Waals surface area contributed by atoms with E-state index in [0.717, 1.165) is 38.5 Å². The van der Waals surface area contributed by atoms with E-state index in [1.54, 1.807) is 0 Å². The van der Waals surface area contributed by atoms with Crippen LogP contribution in [0.2, 0.25) is 0 Å². The molecule has 0 heterocycles. The summed E-state index contributed by atoms with van der Waals surface area (Å²) in [6.07, 6.45) is 52.2. The van der Waals surface area contributed by atoms with Gasteiger partial charge in [0.1, 0.15) is 19.8 Å². The Hall–Kier alpha value is -1.51. The number of esters is 2. The fourth-order valence-corrected chi connectivity index (χ4v) is 8.29. The summed E-state index contributed by atoms with van der Waals surface area (Å²) >= 11 is 0. The third-order valence-electron chi connectivity index (χ3n) is 11.7. The number of rotatable bonds is 49. The highest BCUT2D eigenvalue weighted by atomic mass is 31.2. The van der Waals surface area contributed by atoms with Crippen molar-refractivity contribution in [2.45, 2.75) is 258 Å². The van der Waals surface area contributed by atoms with Gasteiger partial charge in [0, 0.05) is 12.8 Å². The number of phosphoric acid groups is 1. The van der Waals surface area contributed by atoms with E-state index in [4.69, 9.17) is 18.5 Å². The summed E-state index contributed by atoms with van der Waals surface area (Å²) in [5.74, 6) is -0.871. The second kappa shape index (κ2) is 45.6. The fourth-order valence-electron chi connectivity index (χ4n) is 7.56. The maximum atomic E-state index is 12.7. The van der Waals surface area contributed by atoms with Gasteiger partial charge in [-0.15, -0.1) is 0 Å².